The summed E-state index contributed by atoms with van der Waals surface area (Å²) in [6.07, 6.45) is 0.726. The van der Waals surface area contributed by atoms with Crippen molar-refractivity contribution in [3.05, 3.63) is 16.4 Å². The van der Waals surface area contributed by atoms with Gasteiger partial charge in [-0.2, -0.15) is 0 Å². The molecule has 0 aliphatic carbocycles. The van der Waals surface area contributed by atoms with Gasteiger partial charge in [-0.05, 0) is 20.3 Å². The Hall–Kier alpha value is -1.10. The molecule has 0 aliphatic heterocycles. The minimum absolute atomic E-state index is 0.446. The first-order valence-corrected chi connectivity index (χ1v) is 4.32. The molecule has 5 nitrogen and oxygen atoms in total. The van der Waals surface area contributed by atoms with Crippen LogP contribution in [0.5, 0.6) is 0 Å². The van der Waals surface area contributed by atoms with Gasteiger partial charge in [-0.1, -0.05) is 12.1 Å². The second-order valence-corrected chi connectivity index (χ2v) is 2.96. The molecule has 74 valence electrons. The van der Waals surface area contributed by atoms with E-state index in [0.29, 0.717) is 12.4 Å². The first-order valence-electron chi connectivity index (χ1n) is 4.32. The quantitative estimate of drug-likeness (QED) is 0.762. The monoisotopic (exact) mass is 186 g/mol. The molecule has 0 amide bonds. The van der Waals surface area contributed by atoms with Crippen molar-refractivity contribution in [2.75, 3.05) is 6.61 Å². The molecule has 1 N–H and O–H groups in total. The molecule has 1 aromatic rings. The van der Waals surface area contributed by atoms with Gasteiger partial charge in [0, 0.05) is 6.61 Å². The van der Waals surface area contributed by atoms with E-state index in [-0.39, 0.29) is 0 Å². The van der Waals surface area contributed by atoms with Gasteiger partial charge >= 0.3 is 5.76 Å². The summed E-state index contributed by atoms with van der Waals surface area (Å²) >= 11 is 0. The predicted molar refractivity (Wildman–Crippen MR) is 46.4 cm³/mol. The summed E-state index contributed by atoms with van der Waals surface area (Å²) in [5, 5.41) is 3.61. The molecule has 1 rings (SSSR count). The lowest BCUT2D eigenvalue weighted by Gasteiger charge is -2.24. The van der Waals surface area contributed by atoms with Crippen molar-refractivity contribution in [3.8, 4) is 0 Å². The van der Waals surface area contributed by atoms with Gasteiger partial charge in [-0.15, -0.1) is 0 Å². The molecule has 1 aromatic heterocycles. The Balaban J connectivity index is 2.94. The fourth-order valence-electron chi connectivity index (χ4n) is 1.11. The molecular weight excluding hydrogens is 172 g/mol. The van der Waals surface area contributed by atoms with E-state index in [1.54, 1.807) is 0 Å². The Bertz CT molecular complexity index is 317. The highest BCUT2D eigenvalue weighted by molar-refractivity contribution is 4.95. The average molecular weight is 186 g/mol. The molecule has 13 heavy (non-hydrogen) atoms. The minimum atomic E-state index is -0.555. The van der Waals surface area contributed by atoms with Gasteiger partial charge in [0.2, 0.25) is 0 Å². The number of aromatic amines is 1. The lowest BCUT2D eigenvalue weighted by Crippen LogP contribution is -2.27. The Morgan fingerprint density at radius 1 is 1.62 bits per heavy atom. The zero-order valence-electron chi connectivity index (χ0n) is 8.09. The summed E-state index contributed by atoms with van der Waals surface area (Å²) < 4.78 is 9.90. The number of nitrogens with zero attached hydrogens (tertiary/aromatic N) is 1. The van der Waals surface area contributed by atoms with Crippen LogP contribution in [0.15, 0.2) is 9.32 Å². The Morgan fingerprint density at radius 3 is 2.69 bits per heavy atom. The molecule has 0 saturated heterocycles. The minimum Gasteiger partial charge on any atom is -0.368 e. The fraction of sp³-hybridized carbons (Fsp3) is 0.750. The SMILES string of the molecule is CCOC(C)(CC)c1noc(=O)[nH]1. The molecule has 0 fully saturated rings. The number of rotatable bonds is 4. The van der Waals surface area contributed by atoms with Crippen molar-refractivity contribution in [3.63, 3.8) is 0 Å². The van der Waals surface area contributed by atoms with Crippen LogP contribution in [-0.2, 0) is 10.3 Å². The zero-order chi connectivity index (χ0) is 9.90. The van der Waals surface area contributed by atoms with Gasteiger partial charge in [0.25, 0.3) is 0 Å². The summed E-state index contributed by atoms with van der Waals surface area (Å²) in [5.74, 6) is -0.101. The molecule has 0 radical (unpaired) electrons. The van der Waals surface area contributed by atoms with Crippen LogP contribution in [0.1, 0.15) is 33.0 Å². The lowest BCUT2D eigenvalue weighted by atomic mass is 10.0. The highest BCUT2D eigenvalue weighted by Gasteiger charge is 2.29. The van der Waals surface area contributed by atoms with Crippen LogP contribution in [0.2, 0.25) is 0 Å². The van der Waals surface area contributed by atoms with E-state index in [9.17, 15) is 4.79 Å². The van der Waals surface area contributed by atoms with Crippen molar-refractivity contribution in [2.24, 2.45) is 0 Å². The Morgan fingerprint density at radius 2 is 2.31 bits per heavy atom. The molecule has 5 heteroatoms. The van der Waals surface area contributed by atoms with Crippen LogP contribution in [0.25, 0.3) is 0 Å². The zero-order valence-corrected chi connectivity index (χ0v) is 8.09. The first-order chi connectivity index (χ1) is 6.12. The molecule has 0 aromatic carbocycles. The average Bonchev–Trinajstić information content (AvgIpc) is 2.52. The van der Waals surface area contributed by atoms with Crippen molar-refractivity contribution < 1.29 is 9.26 Å². The largest absolute Gasteiger partial charge is 0.439 e. The topological polar surface area (TPSA) is 68.1 Å². The van der Waals surface area contributed by atoms with Gasteiger partial charge in [-0.25, -0.2) is 4.79 Å². The Kier molecular flexibility index (Phi) is 2.87. The maximum atomic E-state index is 10.7. The van der Waals surface area contributed by atoms with E-state index in [1.807, 2.05) is 20.8 Å². The number of nitrogens with one attached hydrogen (secondary N) is 1. The van der Waals surface area contributed by atoms with E-state index in [2.05, 4.69) is 14.7 Å². The smallest absolute Gasteiger partial charge is 0.368 e. The van der Waals surface area contributed by atoms with Gasteiger partial charge in [0.1, 0.15) is 5.60 Å². The summed E-state index contributed by atoms with van der Waals surface area (Å²) in [5.41, 5.74) is -0.555. The van der Waals surface area contributed by atoms with Crippen LogP contribution in [0.3, 0.4) is 0 Å². The molecular formula is C8H14N2O3. The van der Waals surface area contributed by atoms with E-state index >= 15 is 0 Å². The van der Waals surface area contributed by atoms with Crippen molar-refractivity contribution in [1.29, 1.82) is 0 Å². The fourth-order valence-corrected chi connectivity index (χ4v) is 1.11. The third-order valence-corrected chi connectivity index (χ3v) is 2.08. The van der Waals surface area contributed by atoms with Gasteiger partial charge < -0.3 is 4.74 Å². The van der Waals surface area contributed by atoms with Crippen LogP contribution >= 0.6 is 0 Å². The van der Waals surface area contributed by atoms with Crippen LogP contribution in [0.4, 0.5) is 0 Å². The van der Waals surface area contributed by atoms with Gasteiger partial charge in [0.15, 0.2) is 5.82 Å². The summed E-state index contributed by atoms with van der Waals surface area (Å²) in [6.45, 7) is 6.29. The number of H-pyrrole nitrogens is 1. The number of aromatic nitrogens is 2. The third kappa shape index (κ3) is 1.98. The molecule has 0 aliphatic rings. The standard InChI is InChI=1S/C8H14N2O3/c1-4-8(3,12-5-2)6-9-7(11)13-10-6/h4-5H2,1-3H3,(H,9,10,11). The van der Waals surface area contributed by atoms with E-state index in [1.165, 1.54) is 0 Å². The van der Waals surface area contributed by atoms with Crippen molar-refractivity contribution in [2.45, 2.75) is 32.8 Å². The van der Waals surface area contributed by atoms with Crippen LogP contribution in [0, 0.1) is 0 Å². The van der Waals surface area contributed by atoms with Gasteiger partial charge in [-0.3, -0.25) is 9.51 Å². The summed E-state index contributed by atoms with van der Waals surface area (Å²) in [4.78, 5) is 13.2. The summed E-state index contributed by atoms with van der Waals surface area (Å²) in [6, 6.07) is 0. The number of hydrogen-bond acceptors (Lipinski definition) is 4. The maximum Gasteiger partial charge on any atom is 0.439 e. The molecule has 1 heterocycles. The second kappa shape index (κ2) is 3.74. The number of hydrogen-bond donors (Lipinski definition) is 1. The molecule has 0 saturated carbocycles. The van der Waals surface area contributed by atoms with Gasteiger partial charge in [0.05, 0.1) is 0 Å². The number of ether oxygens (including phenoxy) is 1. The molecule has 0 spiro atoms. The highest BCUT2D eigenvalue weighted by Crippen LogP contribution is 2.24. The Labute approximate surface area is 76.1 Å². The third-order valence-electron chi connectivity index (χ3n) is 2.08. The van der Waals surface area contributed by atoms with E-state index < -0.39 is 11.4 Å². The first kappa shape index (κ1) is 9.98. The second-order valence-electron chi connectivity index (χ2n) is 2.96. The molecule has 1 unspecified atom stereocenters. The van der Waals surface area contributed by atoms with Crippen molar-refractivity contribution in [1.82, 2.24) is 10.1 Å². The van der Waals surface area contributed by atoms with E-state index in [0.717, 1.165) is 6.42 Å². The summed E-state index contributed by atoms with van der Waals surface area (Å²) in [7, 11) is 0. The van der Waals surface area contributed by atoms with Crippen LogP contribution in [-0.4, -0.2) is 16.7 Å². The highest BCUT2D eigenvalue weighted by atomic mass is 16.5. The van der Waals surface area contributed by atoms with Crippen LogP contribution < -0.4 is 5.76 Å². The maximum absolute atomic E-state index is 10.7. The normalized spacial score (nSPS) is 15.6. The molecule has 0 bridgehead atoms. The van der Waals surface area contributed by atoms with Crippen molar-refractivity contribution >= 4 is 0 Å². The van der Waals surface area contributed by atoms with E-state index in [4.69, 9.17) is 4.74 Å². The molecule has 1 atom stereocenters. The lowest BCUT2D eigenvalue weighted by molar-refractivity contribution is -0.0403. The predicted octanol–water partition coefficient (Wildman–Crippen LogP) is 1.02.